The van der Waals surface area contributed by atoms with E-state index >= 15 is 0 Å². The van der Waals surface area contributed by atoms with Crippen molar-refractivity contribution in [1.82, 2.24) is 4.90 Å². The van der Waals surface area contributed by atoms with E-state index in [1.807, 2.05) is 18.7 Å². The molecule has 2 aromatic carbocycles. The van der Waals surface area contributed by atoms with Crippen molar-refractivity contribution in [1.29, 1.82) is 0 Å². The third-order valence-corrected chi connectivity index (χ3v) is 5.40. The summed E-state index contributed by atoms with van der Waals surface area (Å²) in [7, 11) is 0. The first-order chi connectivity index (χ1) is 17.1. The molecule has 7 nitrogen and oxygen atoms in total. The Bertz CT molecular complexity index is 1260. The number of fused-ring (bicyclic) bond motifs is 1. The second kappa shape index (κ2) is 11.5. The minimum atomic E-state index is -5.05. The van der Waals surface area contributed by atoms with Crippen LogP contribution >= 0.6 is 0 Å². The van der Waals surface area contributed by atoms with Gasteiger partial charge in [-0.25, -0.2) is 4.79 Å². The van der Waals surface area contributed by atoms with Crippen LogP contribution < -0.4 is 10.2 Å². The number of carbonyl (C=O) groups is 1. The lowest BCUT2D eigenvalue weighted by Crippen LogP contribution is -2.25. The van der Waals surface area contributed by atoms with Crippen LogP contribution in [0.4, 0.5) is 13.2 Å². The number of hydrogen-bond donors (Lipinski definition) is 1. The lowest BCUT2D eigenvalue weighted by molar-refractivity contribution is -0.154. The zero-order valence-corrected chi connectivity index (χ0v) is 20.3. The Labute approximate surface area is 206 Å². The predicted octanol–water partition coefficient (Wildman–Crippen LogP) is 6.11. The second-order valence-electron chi connectivity index (χ2n) is 8.15. The highest BCUT2D eigenvalue weighted by atomic mass is 19.4. The molecule has 194 valence electrons. The van der Waals surface area contributed by atoms with Gasteiger partial charge in [-0.2, -0.15) is 13.2 Å². The van der Waals surface area contributed by atoms with Gasteiger partial charge in [0.2, 0.25) is 11.2 Å². The summed E-state index contributed by atoms with van der Waals surface area (Å²) in [4.78, 5) is 27.0. The van der Waals surface area contributed by atoms with Crippen LogP contribution in [0.25, 0.3) is 11.0 Å². The van der Waals surface area contributed by atoms with Gasteiger partial charge in [0.25, 0.3) is 5.76 Å². The van der Waals surface area contributed by atoms with Crippen molar-refractivity contribution in [2.45, 2.75) is 46.3 Å². The van der Waals surface area contributed by atoms with Crippen molar-refractivity contribution in [3.05, 3.63) is 63.5 Å². The van der Waals surface area contributed by atoms with E-state index in [0.29, 0.717) is 13.1 Å². The summed E-state index contributed by atoms with van der Waals surface area (Å²) in [6.45, 7) is 7.17. The van der Waals surface area contributed by atoms with Crippen LogP contribution in [0, 0.1) is 0 Å². The van der Waals surface area contributed by atoms with Crippen LogP contribution in [0.15, 0.2) is 45.6 Å². The van der Waals surface area contributed by atoms with Crippen molar-refractivity contribution < 1.29 is 37.0 Å². The molecule has 0 aliphatic rings. The molecule has 0 unspecified atom stereocenters. The molecule has 3 aromatic rings. The van der Waals surface area contributed by atoms with Crippen LogP contribution in [0.5, 0.6) is 17.2 Å². The summed E-state index contributed by atoms with van der Waals surface area (Å²) in [6, 6.07) is 7.61. The topological polar surface area (TPSA) is 89.2 Å². The average molecular weight is 508 g/mol. The third kappa shape index (κ3) is 5.99. The Balaban J connectivity index is 2.11. The Hall–Kier alpha value is -3.53. The van der Waals surface area contributed by atoms with E-state index in [1.165, 1.54) is 36.4 Å². The number of hydrogen-bond acceptors (Lipinski definition) is 7. The van der Waals surface area contributed by atoms with Crippen LogP contribution in [-0.2, 0) is 17.5 Å². The van der Waals surface area contributed by atoms with E-state index in [9.17, 15) is 27.9 Å². The van der Waals surface area contributed by atoms with Gasteiger partial charge in [-0.15, -0.1) is 0 Å². The largest absolute Gasteiger partial charge is 0.507 e. The van der Waals surface area contributed by atoms with E-state index in [4.69, 9.17) is 13.9 Å². The summed E-state index contributed by atoms with van der Waals surface area (Å²) < 4.78 is 57.5. The second-order valence-corrected chi connectivity index (χ2v) is 8.15. The maximum Gasteiger partial charge on any atom is 0.453 e. The van der Waals surface area contributed by atoms with Crippen molar-refractivity contribution >= 4 is 16.9 Å². The number of ether oxygens (including phenoxy) is 2. The molecule has 0 fully saturated rings. The Morgan fingerprint density at radius 3 is 2.22 bits per heavy atom. The van der Waals surface area contributed by atoms with E-state index < -0.39 is 29.1 Å². The first-order valence-corrected chi connectivity index (χ1v) is 11.7. The van der Waals surface area contributed by atoms with Crippen LogP contribution in [0.1, 0.15) is 55.3 Å². The molecule has 0 aliphatic carbocycles. The molecule has 0 saturated carbocycles. The van der Waals surface area contributed by atoms with Gasteiger partial charge in [0.05, 0.1) is 23.1 Å². The quantitative estimate of drug-likeness (QED) is 0.331. The summed E-state index contributed by atoms with van der Waals surface area (Å²) in [6.07, 6.45) is -3.45. The van der Waals surface area contributed by atoms with E-state index in [-0.39, 0.29) is 46.7 Å². The number of phenolic OH excluding ortho intramolecular Hbond substituents is 1. The monoisotopic (exact) mass is 507 g/mol. The first-order valence-electron chi connectivity index (χ1n) is 11.7. The van der Waals surface area contributed by atoms with Crippen LogP contribution in [-0.4, -0.2) is 35.7 Å². The van der Waals surface area contributed by atoms with Crippen LogP contribution in [0.3, 0.4) is 0 Å². The number of halogens is 3. The number of benzene rings is 2. The molecule has 0 saturated heterocycles. The minimum absolute atomic E-state index is 0.0994. The minimum Gasteiger partial charge on any atom is -0.507 e. The molecule has 0 radical (unpaired) electrons. The van der Waals surface area contributed by atoms with Crippen molar-refractivity contribution in [2.75, 3.05) is 19.7 Å². The smallest absolute Gasteiger partial charge is 0.453 e. The number of phenols is 1. The summed E-state index contributed by atoms with van der Waals surface area (Å²) in [5.41, 5.74) is -1.09. The fourth-order valence-electron chi connectivity index (χ4n) is 3.84. The molecule has 0 bridgehead atoms. The molecule has 0 amide bonds. The molecular formula is C26H28F3NO6. The van der Waals surface area contributed by atoms with Gasteiger partial charge in [0.1, 0.15) is 17.1 Å². The Morgan fingerprint density at radius 2 is 1.67 bits per heavy atom. The average Bonchev–Trinajstić information content (AvgIpc) is 2.82. The van der Waals surface area contributed by atoms with Gasteiger partial charge in [-0.3, -0.25) is 9.69 Å². The number of esters is 1. The van der Waals surface area contributed by atoms with E-state index in [2.05, 4.69) is 0 Å². The maximum atomic E-state index is 14.0. The molecule has 1 heterocycles. The Morgan fingerprint density at radius 1 is 1.03 bits per heavy atom. The maximum absolute atomic E-state index is 14.0. The fraction of sp³-hybridized carbons (Fsp3) is 0.385. The summed E-state index contributed by atoms with van der Waals surface area (Å²) in [5.74, 6) is -3.61. The molecule has 0 spiro atoms. The summed E-state index contributed by atoms with van der Waals surface area (Å²) >= 11 is 0. The molecule has 0 aliphatic heterocycles. The fourth-order valence-corrected chi connectivity index (χ4v) is 3.84. The SMILES string of the molecule is CCCN(CCC)Cc1c(O)ccc2c(=O)c(Oc3ccc(C(=O)OCC)cc3)c(C(F)(F)F)oc12. The molecule has 1 aromatic heterocycles. The normalized spacial score (nSPS) is 11.8. The number of nitrogens with zero attached hydrogens (tertiary/aromatic N) is 1. The van der Waals surface area contributed by atoms with Crippen molar-refractivity contribution in [3.63, 3.8) is 0 Å². The lowest BCUT2D eigenvalue weighted by Gasteiger charge is -2.22. The molecular weight excluding hydrogens is 479 g/mol. The van der Waals surface area contributed by atoms with Gasteiger partial charge in [-0.05, 0) is 69.3 Å². The van der Waals surface area contributed by atoms with E-state index in [1.54, 1.807) is 6.92 Å². The number of alkyl halides is 3. The van der Waals surface area contributed by atoms with Gasteiger partial charge in [0.15, 0.2) is 0 Å². The first kappa shape index (κ1) is 27.1. The molecule has 1 N–H and O–H groups in total. The zero-order valence-electron chi connectivity index (χ0n) is 20.3. The third-order valence-electron chi connectivity index (χ3n) is 5.40. The zero-order chi connectivity index (χ0) is 26.5. The number of aromatic hydroxyl groups is 1. The molecule has 36 heavy (non-hydrogen) atoms. The molecule has 10 heteroatoms. The number of carbonyl (C=O) groups excluding carboxylic acids is 1. The van der Waals surface area contributed by atoms with Crippen molar-refractivity contribution in [3.8, 4) is 17.2 Å². The molecule has 3 rings (SSSR count). The highest BCUT2D eigenvalue weighted by Gasteiger charge is 2.41. The predicted molar refractivity (Wildman–Crippen MR) is 127 cm³/mol. The van der Waals surface area contributed by atoms with Gasteiger partial charge in [0, 0.05) is 6.54 Å². The van der Waals surface area contributed by atoms with Gasteiger partial charge >= 0.3 is 12.1 Å². The van der Waals surface area contributed by atoms with Crippen molar-refractivity contribution in [2.24, 2.45) is 0 Å². The lowest BCUT2D eigenvalue weighted by atomic mass is 10.1. The van der Waals surface area contributed by atoms with E-state index in [0.717, 1.165) is 12.8 Å². The standard InChI is InChI=1S/C26H28F3NO6/c1-4-13-30(14-5-2)15-19-20(31)12-11-18-21(32)23(24(26(27,28)29)36-22(18)19)35-17-9-7-16(8-10-17)25(33)34-6-3/h7-12,31H,4-6,13-15H2,1-3H3. The Kier molecular flexibility index (Phi) is 8.62. The summed E-state index contributed by atoms with van der Waals surface area (Å²) in [5, 5.41) is 10.3. The van der Waals surface area contributed by atoms with Gasteiger partial charge in [-0.1, -0.05) is 13.8 Å². The van der Waals surface area contributed by atoms with Crippen LogP contribution in [0.2, 0.25) is 0 Å². The number of rotatable bonds is 10. The highest BCUT2D eigenvalue weighted by molar-refractivity contribution is 5.89. The molecule has 0 atom stereocenters. The highest BCUT2D eigenvalue weighted by Crippen LogP contribution is 2.40. The van der Waals surface area contributed by atoms with Gasteiger partial charge < -0.3 is 19.0 Å².